The van der Waals surface area contributed by atoms with Gasteiger partial charge in [0.05, 0.1) is 12.8 Å². The maximum atomic E-state index is 12.3. The maximum Gasteiger partial charge on any atom is 0.257 e. The Kier molecular flexibility index (Phi) is 7.52. The van der Waals surface area contributed by atoms with Gasteiger partial charge in [0.2, 0.25) is 5.91 Å². The number of nitrogens with one attached hydrogen (secondary N) is 3. The third kappa shape index (κ3) is 5.79. The van der Waals surface area contributed by atoms with Crippen molar-refractivity contribution in [3.63, 3.8) is 0 Å². The van der Waals surface area contributed by atoms with Crippen molar-refractivity contribution >= 4 is 40.5 Å². The minimum atomic E-state index is -0.284. The van der Waals surface area contributed by atoms with Gasteiger partial charge in [-0.2, -0.15) is 0 Å². The third-order valence-electron chi connectivity index (χ3n) is 4.09. The summed E-state index contributed by atoms with van der Waals surface area (Å²) >= 11 is 5.22. The lowest BCUT2D eigenvalue weighted by molar-refractivity contribution is -0.118. The van der Waals surface area contributed by atoms with E-state index in [0.717, 1.165) is 12.0 Å². The summed E-state index contributed by atoms with van der Waals surface area (Å²) in [6.07, 6.45) is 0.914. The van der Waals surface area contributed by atoms with Gasteiger partial charge in [0.1, 0.15) is 5.75 Å². The summed E-state index contributed by atoms with van der Waals surface area (Å²) in [6, 6.07) is 12.5. The number of hydrogen-bond acceptors (Lipinski definition) is 4. The van der Waals surface area contributed by atoms with Crippen LogP contribution in [-0.4, -0.2) is 24.0 Å². The number of carbonyl (C=O) groups excluding carboxylic acids is 2. The van der Waals surface area contributed by atoms with Crippen LogP contribution in [0, 0.1) is 5.92 Å². The van der Waals surface area contributed by atoms with E-state index in [0.29, 0.717) is 22.7 Å². The Morgan fingerprint density at radius 3 is 2.32 bits per heavy atom. The molecular weight excluding hydrogens is 374 g/mol. The van der Waals surface area contributed by atoms with Gasteiger partial charge in [0.25, 0.3) is 5.91 Å². The molecule has 0 atom stereocenters. The number of amides is 2. The summed E-state index contributed by atoms with van der Waals surface area (Å²) in [4.78, 5) is 24.2. The van der Waals surface area contributed by atoms with Gasteiger partial charge in [-0.15, -0.1) is 0 Å². The second kappa shape index (κ2) is 9.85. The number of rotatable bonds is 6. The van der Waals surface area contributed by atoms with Gasteiger partial charge in [-0.25, -0.2) is 0 Å². The first-order chi connectivity index (χ1) is 13.3. The molecule has 0 spiro atoms. The summed E-state index contributed by atoms with van der Waals surface area (Å²) in [5.41, 5.74) is 2.89. The Balaban J connectivity index is 2.02. The SMILES string of the molecule is CCc1ccc(C(=O)NC(=S)Nc2ccc(NC(=O)C(C)C)c(OC)c2)cc1. The van der Waals surface area contributed by atoms with Crippen LogP contribution in [0.15, 0.2) is 42.5 Å². The fourth-order valence-electron chi connectivity index (χ4n) is 2.38. The molecule has 0 unspecified atom stereocenters. The highest BCUT2D eigenvalue weighted by atomic mass is 32.1. The van der Waals surface area contributed by atoms with Crippen LogP contribution in [0.4, 0.5) is 11.4 Å². The topological polar surface area (TPSA) is 79.5 Å². The van der Waals surface area contributed by atoms with Gasteiger partial charge in [0.15, 0.2) is 5.11 Å². The Morgan fingerprint density at radius 2 is 1.75 bits per heavy atom. The van der Waals surface area contributed by atoms with Crippen LogP contribution in [0.25, 0.3) is 0 Å². The minimum absolute atomic E-state index is 0.101. The van der Waals surface area contributed by atoms with Crippen molar-refractivity contribution < 1.29 is 14.3 Å². The van der Waals surface area contributed by atoms with Crippen molar-refractivity contribution in [2.45, 2.75) is 27.2 Å². The molecule has 0 aliphatic rings. The Hall–Kier alpha value is -2.93. The highest BCUT2D eigenvalue weighted by Gasteiger charge is 2.13. The maximum absolute atomic E-state index is 12.3. The molecule has 0 radical (unpaired) electrons. The number of carbonyl (C=O) groups is 2. The van der Waals surface area contributed by atoms with Gasteiger partial charge in [-0.1, -0.05) is 32.9 Å². The fraction of sp³-hybridized carbons (Fsp3) is 0.286. The first-order valence-electron chi connectivity index (χ1n) is 9.04. The van der Waals surface area contributed by atoms with Crippen LogP contribution in [-0.2, 0) is 11.2 Å². The van der Waals surface area contributed by atoms with Gasteiger partial charge in [0, 0.05) is 23.2 Å². The molecule has 0 heterocycles. The van der Waals surface area contributed by atoms with E-state index >= 15 is 0 Å². The van der Waals surface area contributed by atoms with Gasteiger partial charge in [-0.05, 0) is 48.5 Å². The van der Waals surface area contributed by atoms with E-state index in [4.69, 9.17) is 17.0 Å². The van der Waals surface area contributed by atoms with Crippen molar-refractivity contribution in [3.05, 3.63) is 53.6 Å². The van der Waals surface area contributed by atoms with Crippen LogP contribution in [0.3, 0.4) is 0 Å². The molecule has 6 nitrogen and oxygen atoms in total. The standard InChI is InChI=1S/C21H25N3O3S/c1-5-14-6-8-15(9-7-14)20(26)24-21(28)22-16-10-11-17(18(12-16)27-4)23-19(25)13(2)3/h6-13H,5H2,1-4H3,(H,23,25)(H2,22,24,26,28). The van der Waals surface area contributed by atoms with Crippen molar-refractivity contribution in [1.29, 1.82) is 0 Å². The smallest absolute Gasteiger partial charge is 0.257 e. The van der Waals surface area contributed by atoms with Crippen LogP contribution >= 0.6 is 12.2 Å². The van der Waals surface area contributed by atoms with Crippen molar-refractivity contribution in [3.8, 4) is 5.75 Å². The number of aryl methyl sites for hydroxylation is 1. The Labute approximate surface area is 170 Å². The van der Waals surface area contributed by atoms with Gasteiger partial charge < -0.3 is 15.4 Å². The van der Waals surface area contributed by atoms with E-state index in [1.807, 2.05) is 26.0 Å². The summed E-state index contributed by atoms with van der Waals surface area (Å²) in [5.74, 6) is -0.0382. The highest BCUT2D eigenvalue weighted by molar-refractivity contribution is 7.80. The molecular formula is C21H25N3O3S. The number of methoxy groups -OCH3 is 1. The third-order valence-corrected chi connectivity index (χ3v) is 4.30. The van der Waals surface area contributed by atoms with E-state index in [-0.39, 0.29) is 22.8 Å². The predicted molar refractivity (Wildman–Crippen MR) is 116 cm³/mol. The van der Waals surface area contributed by atoms with Crippen molar-refractivity contribution in [2.75, 3.05) is 17.7 Å². The quantitative estimate of drug-likeness (QED) is 0.641. The predicted octanol–water partition coefficient (Wildman–Crippen LogP) is 3.98. The molecule has 28 heavy (non-hydrogen) atoms. The fourth-order valence-corrected chi connectivity index (χ4v) is 2.59. The Morgan fingerprint density at radius 1 is 1.07 bits per heavy atom. The molecule has 2 amide bonds. The number of ether oxygens (including phenoxy) is 1. The molecule has 0 saturated heterocycles. The van der Waals surface area contributed by atoms with Crippen LogP contribution in [0.1, 0.15) is 36.7 Å². The van der Waals surface area contributed by atoms with Gasteiger partial charge in [-0.3, -0.25) is 14.9 Å². The number of thiocarbonyl (C=S) groups is 1. The molecule has 0 bridgehead atoms. The second-order valence-corrected chi connectivity index (χ2v) is 6.93. The first-order valence-corrected chi connectivity index (χ1v) is 9.45. The molecule has 0 aromatic heterocycles. The van der Waals surface area contributed by atoms with E-state index < -0.39 is 0 Å². The molecule has 0 saturated carbocycles. The van der Waals surface area contributed by atoms with E-state index in [9.17, 15) is 9.59 Å². The zero-order chi connectivity index (χ0) is 20.7. The number of benzene rings is 2. The van der Waals surface area contributed by atoms with Gasteiger partial charge >= 0.3 is 0 Å². The molecule has 2 rings (SSSR count). The summed E-state index contributed by atoms with van der Waals surface area (Å²) < 4.78 is 5.34. The van der Waals surface area contributed by atoms with Crippen LogP contribution in [0.2, 0.25) is 0 Å². The molecule has 2 aromatic carbocycles. The average Bonchev–Trinajstić information content (AvgIpc) is 2.68. The van der Waals surface area contributed by atoms with Crippen molar-refractivity contribution in [2.24, 2.45) is 5.92 Å². The first kappa shape index (κ1) is 21.4. The molecule has 0 aliphatic carbocycles. The largest absolute Gasteiger partial charge is 0.494 e. The van der Waals surface area contributed by atoms with Crippen LogP contribution < -0.4 is 20.7 Å². The summed E-state index contributed by atoms with van der Waals surface area (Å²) in [7, 11) is 1.52. The molecule has 148 valence electrons. The summed E-state index contributed by atoms with van der Waals surface area (Å²) in [6.45, 7) is 5.69. The lowest BCUT2D eigenvalue weighted by Gasteiger charge is -2.15. The molecule has 3 N–H and O–H groups in total. The zero-order valence-corrected chi connectivity index (χ0v) is 17.3. The monoisotopic (exact) mass is 399 g/mol. The zero-order valence-electron chi connectivity index (χ0n) is 16.5. The summed E-state index contributed by atoms with van der Waals surface area (Å²) in [5, 5.41) is 8.58. The van der Waals surface area contributed by atoms with E-state index in [1.165, 1.54) is 7.11 Å². The molecule has 2 aromatic rings. The van der Waals surface area contributed by atoms with Crippen molar-refractivity contribution in [1.82, 2.24) is 5.32 Å². The highest BCUT2D eigenvalue weighted by Crippen LogP contribution is 2.28. The molecule has 7 heteroatoms. The van der Waals surface area contributed by atoms with E-state index in [2.05, 4.69) is 22.9 Å². The number of anilines is 2. The lowest BCUT2D eigenvalue weighted by Crippen LogP contribution is -2.34. The molecule has 0 aliphatic heterocycles. The number of hydrogen-bond donors (Lipinski definition) is 3. The average molecular weight is 400 g/mol. The van der Waals surface area contributed by atoms with Crippen LogP contribution in [0.5, 0.6) is 5.75 Å². The Bertz CT molecular complexity index is 864. The molecule has 0 fully saturated rings. The van der Waals surface area contributed by atoms with E-state index in [1.54, 1.807) is 30.3 Å². The lowest BCUT2D eigenvalue weighted by atomic mass is 10.1. The second-order valence-electron chi connectivity index (χ2n) is 6.52. The minimum Gasteiger partial charge on any atom is -0.494 e. The normalized spacial score (nSPS) is 10.3.